The standard InChI is InChI=1S/C22H36O8/c1-13(2)7-5-9-29-21(27)17-12-18(22(28)30-10-6-8-14(3)4)16(20(25)26)11-15(17)19(23)24/h13-18H,5-12H2,1-4H3,(H,23,24)(H,25,26). The van der Waals surface area contributed by atoms with E-state index in [1.807, 2.05) is 27.7 Å². The van der Waals surface area contributed by atoms with Gasteiger partial charge in [-0.15, -0.1) is 0 Å². The number of carboxylic acid groups (broad SMARTS) is 2. The van der Waals surface area contributed by atoms with E-state index in [2.05, 4.69) is 0 Å². The molecule has 0 aromatic rings. The van der Waals surface area contributed by atoms with E-state index in [9.17, 15) is 29.4 Å². The number of aliphatic carboxylic acids is 2. The van der Waals surface area contributed by atoms with Gasteiger partial charge in [-0.3, -0.25) is 19.2 Å². The summed E-state index contributed by atoms with van der Waals surface area (Å²) < 4.78 is 10.5. The third-order valence-corrected chi connectivity index (χ3v) is 5.57. The van der Waals surface area contributed by atoms with Gasteiger partial charge in [0.1, 0.15) is 0 Å². The molecular weight excluding hydrogens is 392 g/mol. The highest BCUT2D eigenvalue weighted by Crippen LogP contribution is 2.40. The Morgan fingerprint density at radius 2 is 1.03 bits per heavy atom. The van der Waals surface area contributed by atoms with Gasteiger partial charge in [0, 0.05) is 0 Å². The molecule has 4 unspecified atom stereocenters. The van der Waals surface area contributed by atoms with Crippen LogP contribution in [0.1, 0.15) is 66.2 Å². The Morgan fingerprint density at radius 3 is 1.33 bits per heavy atom. The Labute approximate surface area is 178 Å². The molecule has 1 rings (SSSR count). The molecule has 0 saturated heterocycles. The number of carbonyl (C=O) groups is 4. The van der Waals surface area contributed by atoms with Crippen molar-refractivity contribution in [1.29, 1.82) is 0 Å². The third kappa shape index (κ3) is 8.32. The molecule has 0 aromatic carbocycles. The second-order valence-electron chi connectivity index (χ2n) is 8.98. The first-order valence-corrected chi connectivity index (χ1v) is 10.8. The van der Waals surface area contributed by atoms with Gasteiger partial charge in [0.05, 0.1) is 36.9 Å². The highest BCUT2D eigenvalue weighted by atomic mass is 16.5. The van der Waals surface area contributed by atoms with Crippen LogP contribution in [-0.2, 0) is 28.7 Å². The van der Waals surface area contributed by atoms with E-state index in [0.29, 0.717) is 24.7 Å². The minimum atomic E-state index is -1.26. The van der Waals surface area contributed by atoms with Crippen LogP contribution < -0.4 is 0 Å². The molecule has 2 N–H and O–H groups in total. The Kier molecular flexibility index (Phi) is 10.8. The van der Waals surface area contributed by atoms with Gasteiger partial charge in [-0.1, -0.05) is 27.7 Å². The minimum absolute atomic E-state index is 0.173. The molecular formula is C22H36O8. The number of rotatable bonds is 12. The highest BCUT2D eigenvalue weighted by Gasteiger charge is 2.50. The van der Waals surface area contributed by atoms with Crippen molar-refractivity contribution < 1.29 is 38.9 Å². The van der Waals surface area contributed by atoms with E-state index in [-0.39, 0.29) is 26.1 Å². The van der Waals surface area contributed by atoms with Gasteiger partial charge >= 0.3 is 23.9 Å². The number of ether oxygens (including phenoxy) is 2. The predicted octanol–water partition coefficient (Wildman–Crippen LogP) is 3.37. The molecule has 8 heteroatoms. The summed E-state index contributed by atoms with van der Waals surface area (Å²) in [6, 6.07) is 0. The van der Waals surface area contributed by atoms with Crippen LogP contribution in [0.5, 0.6) is 0 Å². The maximum Gasteiger partial charge on any atom is 0.309 e. The normalized spacial score (nSPS) is 23.9. The average molecular weight is 429 g/mol. The quantitative estimate of drug-likeness (QED) is 0.358. The van der Waals surface area contributed by atoms with Crippen LogP contribution in [0.2, 0.25) is 0 Å². The molecule has 0 amide bonds. The van der Waals surface area contributed by atoms with Crippen LogP contribution in [0.25, 0.3) is 0 Å². The van der Waals surface area contributed by atoms with E-state index in [0.717, 1.165) is 12.8 Å². The summed E-state index contributed by atoms with van der Waals surface area (Å²) in [5.74, 6) is -7.51. The van der Waals surface area contributed by atoms with Gasteiger partial charge in [0.2, 0.25) is 0 Å². The minimum Gasteiger partial charge on any atom is -0.481 e. The summed E-state index contributed by atoms with van der Waals surface area (Å²) >= 11 is 0. The molecule has 172 valence electrons. The van der Waals surface area contributed by atoms with Crippen molar-refractivity contribution in [2.75, 3.05) is 13.2 Å². The molecule has 1 aliphatic rings. The summed E-state index contributed by atoms with van der Waals surface area (Å²) in [6.45, 7) is 8.54. The van der Waals surface area contributed by atoms with Crippen molar-refractivity contribution in [2.45, 2.75) is 66.2 Å². The number of carboxylic acids is 2. The molecule has 8 nitrogen and oxygen atoms in total. The lowest BCUT2D eigenvalue weighted by molar-refractivity contribution is -0.172. The van der Waals surface area contributed by atoms with Crippen molar-refractivity contribution in [3.63, 3.8) is 0 Å². The molecule has 4 atom stereocenters. The number of carbonyl (C=O) groups excluding carboxylic acids is 2. The van der Waals surface area contributed by atoms with E-state index in [1.165, 1.54) is 0 Å². The Balaban J connectivity index is 2.83. The summed E-state index contributed by atoms with van der Waals surface area (Å²) in [4.78, 5) is 48.5. The van der Waals surface area contributed by atoms with Crippen molar-refractivity contribution in [1.82, 2.24) is 0 Å². The molecule has 0 radical (unpaired) electrons. The van der Waals surface area contributed by atoms with Crippen LogP contribution in [0, 0.1) is 35.5 Å². The largest absolute Gasteiger partial charge is 0.481 e. The molecule has 1 aliphatic carbocycles. The molecule has 0 aliphatic heterocycles. The zero-order chi connectivity index (χ0) is 22.8. The van der Waals surface area contributed by atoms with Gasteiger partial charge in [0.25, 0.3) is 0 Å². The van der Waals surface area contributed by atoms with Crippen molar-refractivity contribution in [2.24, 2.45) is 35.5 Å². The molecule has 0 spiro atoms. The van der Waals surface area contributed by atoms with Gasteiger partial charge in [-0.25, -0.2) is 0 Å². The Morgan fingerprint density at radius 1 is 0.700 bits per heavy atom. The maximum absolute atomic E-state index is 12.6. The zero-order valence-corrected chi connectivity index (χ0v) is 18.5. The Bertz CT molecular complexity index is 548. The van der Waals surface area contributed by atoms with Crippen LogP contribution in [0.4, 0.5) is 0 Å². The van der Waals surface area contributed by atoms with Crippen LogP contribution >= 0.6 is 0 Å². The van der Waals surface area contributed by atoms with Gasteiger partial charge < -0.3 is 19.7 Å². The van der Waals surface area contributed by atoms with Crippen molar-refractivity contribution >= 4 is 23.9 Å². The highest BCUT2D eigenvalue weighted by molar-refractivity contribution is 5.86. The topological polar surface area (TPSA) is 127 Å². The predicted molar refractivity (Wildman–Crippen MR) is 109 cm³/mol. The lowest BCUT2D eigenvalue weighted by Gasteiger charge is -2.35. The van der Waals surface area contributed by atoms with E-state index < -0.39 is 47.5 Å². The summed E-state index contributed by atoms with van der Waals surface area (Å²) in [7, 11) is 0. The van der Waals surface area contributed by atoms with Crippen LogP contribution in [0.3, 0.4) is 0 Å². The lowest BCUT2D eigenvalue weighted by Crippen LogP contribution is -2.46. The first-order chi connectivity index (χ1) is 14.0. The summed E-state index contributed by atoms with van der Waals surface area (Å²) in [5, 5.41) is 19.1. The fourth-order valence-electron chi connectivity index (χ4n) is 3.81. The molecule has 0 bridgehead atoms. The fraction of sp³-hybridized carbons (Fsp3) is 0.818. The maximum atomic E-state index is 12.6. The molecule has 1 fully saturated rings. The van der Waals surface area contributed by atoms with Crippen LogP contribution in [0.15, 0.2) is 0 Å². The second kappa shape index (κ2) is 12.5. The molecule has 0 aromatic heterocycles. The summed E-state index contributed by atoms with van der Waals surface area (Å²) in [6.07, 6.45) is 2.56. The monoisotopic (exact) mass is 428 g/mol. The molecule has 0 heterocycles. The van der Waals surface area contributed by atoms with Crippen LogP contribution in [-0.4, -0.2) is 47.3 Å². The zero-order valence-electron chi connectivity index (χ0n) is 18.5. The number of hydrogen-bond acceptors (Lipinski definition) is 6. The number of hydrogen-bond donors (Lipinski definition) is 2. The van der Waals surface area contributed by atoms with E-state index in [1.54, 1.807) is 0 Å². The van der Waals surface area contributed by atoms with E-state index in [4.69, 9.17) is 9.47 Å². The SMILES string of the molecule is CC(C)CCCOC(=O)C1CC(C(=O)OCCCC(C)C)C(C(=O)O)CC1C(=O)O. The third-order valence-electron chi connectivity index (χ3n) is 5.57. The van der Waals surface area contributed by atoms with Gasteiger partial charge in [0.15, 0.2) is 0 Å². The van der Waals surface area contributed by atoms with Crippen molar-refractivity contribution in [3.8, 4) is 0 Å². The first kappa shape index (κ1) is 25.9. The van der Waals surface area contributed by atoms with Crippen molar-refractivity contribution in [3.05, 3.63) is 0 Å². The smallest absolute Gasteiger partial charge is 0.309 e. The first-order valence-electron chi connectivity index (χ1n) is 10.8. The second-order valence-corrected chi connectivity index (χ2v) is 8.98. The van der Waals surface area contributed by atoms with Gasteiger partial charge in [-0.2, -0.15) is 0 Å². The average Bonchev–Trinajstić information content (AvgIpc) is 2.66. The Hall–Kier alpha value is -2.12. The number of esters is 2. The van der Waals surface area contributed by atoms with Gasteiger partial charge in [-0.05, 0) is 50.4 Å². The lowest BCUT2D eigenvalue weighted by atomic mass is 9.68. The van der Waals surface area contributed by atoms with E-state index >= 15 is 0 Å². The summed E-state index contributed by atoms with van der Waals surface area (Å²) in [5.41, 5.74) is 0. The fourth-order valence-corrected chi connectivity index (χ4v) is 3.81. The molecule has 1 saturated carbocycles. The molecule has 30 heavy (non-hydrogen) atoms.